The van der Waals surface area contributed by atoms with Gasteiger partial charge in [0.25, 0.3) is 0 Å². The third-order valence-corrected chi connectivity index (χ3v) is 4.44. The van der Waals surface area contributed by atoms with Gasteiger partial charge < -0.3 is 4.18 Å². The second-order valence-electron chi connectivity index (χ2n) is 5.80. The van der Waals surface area contributed by atoms with Crippen LogP contribution < -0.4 is 4.18 Å². The van der Waals surface area contributed by atoms with Crippen LogP contribution in [0.2, 0.25) is 0 Å². The van der Waals surface area contributed by atoms with Gasteiger partial charge >= 0.3 is 15.4 Å². The van der Waals surface area contributed by atoms with Gasteiger partial charge in [-0.15, -0.1) is 0 Å². The Kier molecular flexibility index (Phi) is 5.33. The fourth-order valence-electron chi connectivity index (χ4n) is 1.90. The number of carbonyl (C=O) groups is 1. The van der Waals surface area contributed by atoms with Gasteiger partial charge in [0.2, 0.25) is 0 Å². The first kappa shape index (κ1) is 18.5. The van der Waals surface area contributed by atoms with Crippen molar-refractivity contribution >= 4 is 16.4 Å². The lowest BCUT2D eigenvalue weighted by atomic mass is 9.92. The highest BCUT2D eigenvalue weighted by Crippen LogP contribution is 2.38. The quantitative estimate of drug-likeness (QED) is 0.581. The molecular weight excluding hydrogens is 314 g/mol. The van der Waals surface area contributed by atoms with Crippen molar-refractivity contribution in [2.45, 2.75) is 51.7 Å². The molecule has 0 atom stereocenters. The summed E-state index contributed by atoms with van der Waals surface area (Å²) < 4.78 is 54.6. The summed E-state index contributed by atoms with van der Waals surface area (Å²) in [6.45, 7) is 7.32. The van der Waals surface area contributed by atoms with Gasteiger partial charge in [0.15, 0.2) is 0 Å². The van der Waals surface area contributed by atoms with Crippen molar-refractivity contribution in [3.63, 3.8) is 0 Å². The molecule has 4 nitrogen and oxygen atoms in total. The Hall–Kier alpha value is -1.50. The summed E-state index contributed by atoms with van der Waals surface area (Å²) >= 11 is 0. The summed E-state index contributed by atoms with van der Waals surface area (Å²) in [5.74, 6) is -0.515. The van der Waals surface area contributed by atoms with Crippen molar-refractivity contribution in [1.29, 1.82) is 0 Å². The van der Waals surface area contributed by atoms with E-state index in [4.69, 9.17) is 4.18 Å². The molecule has 0 spiro atoms. The van der Waals surface area contributed by atoms with Crippen LogP contribution in [0.15, 0.2) is 12.1 Å². The van der Waals surface area contributed by atoms with Crippen LogP contribution in [0.1, 0.15) is 67.9 Å². The first-order valence-corrected chi connectivity index (χ1v) is 8.26. The largest absolute Gasteiger partial charge is 0.378 e. The molecule has 0 fully saturated rings. The van der Waals surface area contributed by atoms with Crippen LogP contribution in [-0.4, -0.2) is 20.0 Å². The highest BCUT2D eigenvalue weighted by atomic mass is 32.2. The monoisotopic (exact) mass is 334 g/mol. The van der Waals surface area contributed by atoms with Crippen LogP contribution in [0.25, 0.3) is 0 Å². The minimum atomic E-state index is -5.10. The van der Waals surface area contributed by atoms with Crippen molar-refractivity contribution in [2.75, 3.05) is 0 Å². The van der Waals surface area contributed by atoms with Crippen LogP contribution in [0.5, 0.6) is 5.75 Å². The minimum Gasteiger partial charge on any atom is -0.378 e. The van der Waals surface area contributed by atoms with Gasteiger partial charge in [-0.3, -0.25) is 4.79 Å². The number of hydrogen-bond donors (Lipinski definition) is 0. The molecular formula is C15H20F2O4S. The van der Waals surface area contributed by atoms with E-state index < -0.39 is 15.4 Å². The third kappa shape index (κ3) is 3.82. The SMILES string of the molecule is CC(C)c1cc(C=O)cc(C(C)C)c1OS(=O)(=O)C(C)(F)F. The summed E-state index contributed by atoms with van der Waals surface area (Å²) in [6.07, 6.45) is 0.629. The number of alkyl halides is 2. The van der Waals surface area contributed by atoms with Crippen molar-refractivity contribution in [1.82, 2.24) is 0 Å². The lowest BCUT2D eigenvalue weighted by Crippen LogP contribution is -2.30. The molecule has 0 aliphatic rings. The Morgan fingerprint density at radius 2 is 1.50 bits per heavy atom. The molecule has 7 heteroatoms. The molecule has 0 unspecified atom stereocenters. The topological polar surface area (TPSA) is 60.4 Å². The molecule has 22 heavy (non-hydrogen) atoms. The Morgan fingerprint density at radius 3 is 1.77 bits per heavy atom. The van der Waals surface area contributed by atoms with E-state index in [0.29, 0.717) is 23.0 Å². The Bertz CT molecular complexity index is 630. The number of hydrogen-bond acceptors (Lipinski definition) is 4. The normalized spacial score (nSPS) is 12.8. The maximum Gasteiger partial charge on any atom is 0.377 e. The summed E-state index contributed by atoms with van der Waals surface area (Å²) in [5.41, 5.74) is 1.16. The Labute approximate surface area is 129 Å². The summed E-state index contributed by atoms with van der Waals surface area (Å²) in [5, 5.41) is -4.02. The highest BCUT2D eigenvalue weighted by molar-refractivity contribution is 7.88. The molecule has 0 saturated carbocycles. The van der Waals surface area contributed by atoms with Crippen molar-refractivity contribution in [2.24, 2.45) is 0 Å². The van der Waals surface area contributed by atoms with Gasteiger partial charge in [0.05, 0.1) is 0 Å². The number of rotatable bonds is 6. The molecule has 1 rings (SSSR count). The van der Waals surface area contributed by atoms with Crippen molar-refractivity contribution < 1.29 is 26.2 Å². The smallest absolute Gasteiger partial charge is 0.377 e. The maximum atomic E-state index is 13.2. The fraction of sp³-hybridized carbons (Fsp3) is 0.533. The number of benzene rings is 1. The molecule has 0 bridgehead atoms. The fourth-order valence-corrected chi connectivity index (χ4v) is 2.46. The molecule has 0 aromatic heterocycles. The van der Waals surface area contributed by atoms with Crippen LogP contribution in [-0.2, 0) is 10.1 Å². The minimum absolute atomic E-state index is 0.114. The second kappa shape index (κ2) is 6.32. The third-order valence-electron chi connectivity index (χ3n) is 3.18. The van der Waals surface area contributed by atoms with Crippen LogP contribution in [0, 0.1) is 0 Å². The van der Waals surface area contributed by atoms with E-state index in [9.17, 15) is 22.0 Å². The number of aldehydes is 1. The van der Waals surface area contributed by atoms with Gasteiger partial charge in [-0.1, -0.05) is 27.7 Å². The van der Waals surface area contributed by atoms with Gasteiger partial charge in [-0.2, -0.15) is 17.2 Å². The zero-order valence-corrected chi connectivity index (χ0v) is 14.0. The van der Waals surface area contributed by atoms with E-state index in [0.717, 1.165) is 0 Å². The summed E-state index contributed by atoms with van der Waals surface area (Å²) in [4.78, 5) is 11.0. The van der Waals surface area contributed by atoms with Crippen molar-refractivity contribution in [3.05, 3.63) is 28.8 Å². The van der Waals surface area contributed by atoms with Gasteiger partial charge in [-0.05, 0) is 35.1 Å². The van der Waals surface area contributed by atoms with Crippen molar-refractivity contribution in [3.8, 4) is 5.75 Å². The first-order chi connectivity index (χ1) is 9.90. The van der Waals surface area contributed by atoms with Gasteiger partial charge in [0.1, 0.15) is 12.0 Å². The summed E-state index contributed by atoms with van der Waals surface area (Å²) in [7, 11) is -5.10. The molecule has 0 radical (unpaired) electrons. The maximum absolute atomic E-state index is 13.2. The Morgan fingerprint density at radius 1 is 1.09 bits per heavy atom. The Balaban J connectivity index is 3.60. The van der Waals surface area contributed by atoms with E-state index >= 15 is 0 Å². The molecule has 0 saturated heterocycles. The van der Waals surface area contributed by atoms with E-state index in [-0.39, 0.29) is 24.5 Å². The molecule has 124 valence electrons. The number of carbonyl (C=O) groups excluding carboxylic acids is 1. The van der Waals surface area contributed by atoms with Crippen LogP contribution in [0.4, 0.5) is 8.78 Å². The average Bonchev–Trinajstić information content (AvgIpc) is 2.36. The van der Waals surface area contributed by atoms with E-state index in [1.165, 1.54) is 12.1 Å². The summed E-state index contributed by atoms with van der Waals surface area (Å²) in [6, 6.07) is 2.92. The van der Waals surface area contributed by atoms with Crippen LogP contribution in [0.3, 0.4) is 0 Å². The highest BCUT2D eigenvalue weighted by Gasteiger charge is 2.43. The number of halogens is 2. The van der Waals surface area contributed by atoms with Gasteiger partial charge in [0, 0.05) is 12.5 Å². The molecule has 1 aromatic carbocycles. The lowest BCUT2D eigenvalue weighted by molar-refractivity contribution is 0.103. The zero-order valence-electron chi connectivity index (χ0n) is 13.2. The van der Waals surface area contributed by atoms with Crippen LogP contribution >= 0.6 is 0 Å². The predicted molar refractivity (Wildman–Crippen MR) is 80.2 cm³/mol. The molecule has 0 aliphatic heterocycles. The van der Waals surface area contributed by atoms with E-state index in [1.807, 2.05) is 0 Å². The molecule has 1 aromatic rings. The molecule has 0 N–H and O–H groups in total. The second-order valence-corrected chi connectivity index (χ2v) is 7.59. The lowest BCUT2D eigenvalue weighted by Gasteiger charge is -2.21. The van der Waals surface area contributed by atoms with E-state index in [1.54, 1.807) is 27.7 Å². The molecule has 0 amide bonds. The predicted octanol–water partition coefficient (Wildman–Crippen LogP) is 4.07. The van der Waals surface area contributed by atoms with Gasteiger partial charge in [-0.25, -0.2) is 0 Å². The first-order valence-electron chi connectivity index (χ1n) is 6.85. The average molecular weight is 334 g/mol. The molecule has 0 heterocycles. The van der Waals surface area contributed by atoms with E-state index in [2.05, 4.69) is 0 Å². The molecule has 0 aliphatic carbocycles. The standard InChI is InChI=1S/C15H20F2O4S/c1-9(2)12-6-11(8-18)7-13(10(3)4)14(12)21-22(19,20)15(5,16)17/h6-10H,1-5H3. The zero-order chi connectivity index (χ0) is 17.3.